The second kappa shape index (κ2) is 17.0. The molecule has 61 heavy (non-hydrogen) atoms. The maximum Gasteiger partial charge on any atom is 0.276 e. The van der Waals surface area contributed by atoms with Crippen LogP contribution < -0.4 is 36.3 Å². The van der Waals surface area contributed by atoms with Crippen molar-refractivity contribution < 1.29 is 37.1 Å². The molecule has 6 aromatic rings. The third kappa shape index (κ3) is 8.89. The minimum Gasteiger partial charge on any atom is -0.491 e. The summed E-state index contributed by atoms with van der Waals surface area (Å²) in [7, 11) is -3.42. The lowest BCUT2D eigenvalue weighted by atomic mass is 10.1. The maximum absolute atomic E-state index is 13.8. The van der Waals surface area contributed by atoms with Crippen LogP contribution in [0, 0.1) is 13.8 Å². The van der Waals surface area contributed by atoms with Gasteiger partial charge in [0.25, 0.3) is 11.8 Å². The summed E-state index contributed by atoms with van der Waals surface area (Å²) in [5.74, 6) is -1.23. The first kappa shape index (κ1) is 42.3. The molecule has 2 aromatic carbocycles. The number of nitrogens with two attached hydrogens (primary N) is 2. The Bertz CT molecular complexity index is 2820. The number of sulfonamides is 1. The fourth-order valence-electron chi connectivity index (χ4n) is 7.43. The number of hydrogen-bond acceptors (Lipinski definition) is 12. The molecule has 4 amide bonds. The molecule has 0 aliphatic carbocycles. The zero-order valence-corrected chi connectivity index (χ0v) is 35.1. The number of ether oxygens (including phenoxy) is 2. The Labute approximate surface area is 349 Å². The number of rotatable bonds is 18. The van der Waals surface area contributed by atoms with Gasteiger partial charge in [0.2, 0.25) is 33.7 Å². The number of nitrogens with one attached hydrogen (secondary N) is 3. The van der Waals surface area contributed by atoms with Crippen LogP contribution >= 0.6 is 0 Å². The second-order valence-corrected chi connectivity index (χ2v) is 16.5. The Morgan fingerprint density at radius 2 is 1.39 bits per heavy atom. The number of anilines is 2. The molecule has 22 heteroatoms. The Morgan fingerprint density at radius 3 is 1.98 bits per heavy atom. The highest BCUT2D eigenvalue weighted by molar-refractivity contribution is 7.88. The van der Waals surface area contributed by atoms with E-state index in [-0.39, 0.29) is 61.1 Å². The Hall–Kier alpha value is -6.81. The summed E-state index contributed by atoms with van der Waals surface area (Å²) in [5.41, 5.74) is 15.4. The third-order valence-electron chi connectivity index (χ3n) is 10.1. The predicted octanol–water partition coefficient (Wildman–Crippen LogP) is 2.87. The first-order valence-electron chi connectivity index (χ1n) is 19.7. The number of amides is 4. The van der Waals surface area contributed by atoms with Gasteiger partial charge in [-0.05, 0) is 83.4 Å². The molecule has 1 aliphatic heterocycles. The van der Waals surface area contributed by atoms with Gasteiger partial charge in [0, 0.05) is 37.3 Å². The van der Waals surface area contributed by atoms with Gasteiger partial charge in [-0.1, -0.05) is 0 Å². The minimum absolute atomic E-state index is 0.0711. The normalized spacial score (nSPS) is 13.7. The summed E-state index contributed by atoms with van der Waals surface area (Å²) in [6.07, 6.45) is 2.27. The highest BCUT2D eigenvalue weighted by Gasteiger charge is 2.30. The van der Waals surface area contributed by atoms with Crippen molar-refractivity contribution in [2.24, 2.45) is 11.5 Å². The lowest BCUT2D eigenvalue weighted by molar-refractivity contribution is 0.0991. The van der Waals surface area contributed by atoms with E-state index in [1.807, 2.05) is 18.4 Å². The SMILES string of the molecule is CCn1nc(C)cc1C(=O)Nc1nc2cc(C(N)=O)cc(OCCCNS(C)(=O)=O)c2n1CCC[C@H]1COc2cc(C(N)=O)cc3nc(NC(=O)c4cc(C)nn4CC)n1c23. The third-order valence-corrected chi connectivity index (χ3v) is 10.8. The number of aryl methyl sites for hydroxylation is 5. The number of primary amides is 2. The highest BCUT2D eigenvalue weighted by Crippen LogP contribution is 2.39. The first-order valence-corrected chi connectivity index (χ1v) is 21.6. The molecule has 1 aliphatic rings. The van der Waals surface area contributed by atoms with Gasteiger partial charge in [0.15, 0.2) is 0 Å². The van der Waals surface area contributed by atoms with Crippen LogP contribution in [-0.4, -0.2) is 96.7 Å². The first-order chi connectivity index (χ1) is 29.0. The van der Waals surface area contributed by atoms with E-state index in [2.05, 4.69) is 25.6 Å². The van der Waals surface area contributed by atoms with Gasteiger partial charge in [0.05, 0.1) is 41.3 Å². The van der Waals surface area contributed by atoms with Gasteiger partial charge in [0.1, 0.15) is 40.5 Å². The zero-order chi connectivity index (χ0) is 43.7. The summed E-state index contributed by atoms with van der Waals surface area (Å²) in [6.45, 7) is 8.86. The number of imidazole rings is 2. The van der Waals surface area contributed by atoms with E-state index in [9.17, 15) is 27.6 Å². The average molecular weight is 858 g/mol. The molecule has 4 aromatic heterocycles. The van der Waals surface area contributed by atoms with Crippen LogP contribution in [-0.2, 0) is 29.7 Å². The molecule has 7 N–H and O–H groups in total. The van der Waals surface area contributed by atoms with E-state index >= 15 is 0 Å². The van der Waals surface area contributed by atoms with Crippen molar-refractivity contribution in [3.05, 3.63) is 70.3 Å². The van der Waals surface area contributed by atoms with Gasteiger partial charge >= 0.3 is 0 Å². The molecule has 7 rings (SSSR count). The van der Waals surface area contributed by atoms with E-state index in [0.717, 1.165) is 6.26 Å². The number of aromatic nitrogens is 8. The molecule has 0 saturated heterocycles. The lowest BCUT2D eigenvalue weighted by Gasteiger charge is -2.27. The average Bonchev–Trinajstić information content (AvgIpc) is 3.97. The standard InChI is InChI=1S/C39H47N13O8S/c1-6-50-28(14-21(3)47-50)36(55)45-38-43-26-16-23(34(40)53)18-30(59-13-9-11-42-61(5,57)58)32(26)49(38)12-8-10-25-20-60-31-19-24(35(41)54)17-27-33(31)52(25)39(44-27)46-37(56)29-15-22(4)48-51(29)7-2/h14-19,25,42H,6-13,20H2,1-5H3,(H2,40,53)(H2,41,54)(H,43,45,55)(H,44,46,56)/t25-/m0/s1. The molecule has 0 unspecified atom stereocenters. The number of benzene rings is 2. The number of nitrogens with zero attached hydrogens (tertiary/aromatic N) is 8. The fraction of sp³-hybridized carbons (Fsp3) is 0.385. The fourth-order valence-corrected chi connectivity index (χ4v) is 7.94. The highest BCUT2D eigenvalue weighted by atomic mass is 32.2. The van der Waals surface area contributed by atoms with Crippen LogP contribution in [0.1, 0.15) is 92.2 Å². The Morgan fingerprint density at radius 1 is 0.820 bits per heavy atom. The molecule has 0 saturated carbocycles. The van der Waals surface area contributed by atoms with Gasteiger partial charge in [-0.2, -0.15) is 10.2 Å². The molecule has 5 heterocycles. The van der Waals surface area contributed by atoms with Gasteiger partial charge in [-0.25, -0.2) is 23.1 Å². The summed E-state index contributed by atoms with van der Waals surface area (Å²) in [5, 5.41) is 14.7. The zero-order valence-electron chi connectivity index (χ0n) is 34.3. The predicted molar refractivity (Wildman–Crippen MR) is 224 cm³/mol. The summed E-state index contributed by atoms with van der Waals surface area (Å²) < 4.78 is 44.9. The van der Waals surface area contributed by atoms with E-state index in [1.165, 1.54) is 12.1 Å². The summed E-state index contributed by atoms with van der Waals surface area (Å²) in [6, 6.07) is 9.09. The van der Waals surface area contributed by atoms with Crippen molar-refractivity contribution in [2.45, 2.75) is 72.6 Å². The van der Waals surface area contributed by atoms with Crippen LogP contribution in [0.4, 0.5) is 11.9 Å². The van der Waals surface area contributed by atoms with Gasteiger partial charge in [-0.15, -0.1) is 0 Å². The monoisotopic (exact) mass is 857 g/mol. The van der Waals surface area contributed by atoms with Crippen LogP contribution in [0.2, 0.25) is 0 Å². The van der Waals surface area contributed by atoms with Crippen molar-refractivity contribution >= 4 is 67.6 Å². The molecule has 0 bridgehead atoms. The Balaban J connectivity index is 1.24. The van der Waals surface area contributed by atoms with Crippen LogP contribution in [0.15, 0.2) is 36.4 Å². The number of carbonyl (C=O) groups excluding carboxylic acids is 4. The molecule has 0 fully saturated rings. The van der Waals surface area contributed by atoms with Crippen molar-refractivity contribution in [3.63, 3.8) is 0 Å². The van der Waals surface area contributed by atoms with Gasteiger partial charge in [-0.3, -0.25) is 39.2 Å². The molecule has 1 atom stereocenters. The second-order valence-electron chi connectivity index (χ2n) is 14.7. The largest absolute Gasteiger partial charge is 0.491 e. The molecule has 0 spiro atoms. The maximum atomic E-state index is 13.8. The number of carbonyl (C=O) groups is 4. The van der Waals surface area contributed by atoms with Crippen LogP contribution in [0.5, 0.6) is 11.5 Å². The summed E-state index contributed by atoms with van der Waals surface area (Å²) in [4.78, 5) is 61.7. The number of fused-ring (bicyclic) bond motifs is 1. The van der Waals surface area contributed by atoms with Crippen molar-refractivity contribution in [1.82, 2.24) is 43.4 Å². The molecule has 21 nitrogen and oxygen atoms in total. The summed E-state index contributed by atoms with van der Waals surface area (Å²) >= 11 is 0. The lowest BCUT2D eigenvalue weighted by Crippen LogP contribution is -2.26. The van der Waals surface area contributed by atoms with E-state index in [0.29, 0.717) is 82.9 Å². The molecular weight excluding hydrogens is 811 g/mol. The quantitative estimate of drug-likeness (QED) is 0.0781. The van der Waals surface area contributed by atoms with E-state index < -0.39 is 33.7 Å². The minimum atomic E-state index is -3.42. The van der Waals surface area contributed by atoms with Crippen LogP contribution in [0.25, 0.3) is 22.1 Å². The van der Waals surface area contributed by atoms with Crippen molar-refractivity contribution in [2.75, 3.05) is 36.6 Å². The molecule has 0 radical (unpaired) electrons. The van der Waals surface area contributed by atoms with Crippen LogP contribution in [0.3, 0.4) is 0 Å². The van der Waals surface area contributed by atoms with Gasteiger partial charge < -0.3 is 30.1 Å². The Kier molecular flexibility index (Phi) is 11.8. The van der Waals surface area contributed by atoms with E-state index in [4.69, 9.17) is 30.9 Å². The van der Waals surface area contributed by atoms with Crippen molar-refractivity contribution in [1.29, 1.82) is 0 Å². The smallest absolute Gasteiger partial charge is 0.276 e. The molecule has 322 valence electrons. The number of hydrogen-bond donors (Lipinski definition) is 5. The molecular formula is C39H47N13O8S. The van der Waals surface area contributed by atoms with Crippen molar-refractivity contribution in [3.8, 4) is 11.5 Å². The topological polar surface area (TPSA) is 280 Å². The van der Waals surface area contributed by atoms with E-state index in [1.54, 1.807) is 52.0 Å².